The van der Waals surface area contributed by atoms with Crippen LogP contribution in [0.4, 0.5) is 0 Å². The number of aliphatic hydroxyl groups is 1. The van der Waals surface area contributed by atoms with Crippen LogP contribution >= 0.6 is 0 Å². The van der Waals surface area contributed by atoms with Gasteiger partial charge in [0.15, 0.2) is 0 Å². The fraction of sp³-hybridized carbons (Fsp3) is 0.600. The third-order valence-electron chi connectivity index (χ3n) is 2.81. The molecule has 0 aromatic carbocycles. The average Bonchev–Trinajstić information content (AvgIpc) is 2.29. The molecule has 0 aliphatic heterocycles. The summed E-state index contributed by atoms with van der Waals surface area (Å²) >= 11 is 0. The number of methoxy groups -OCH3 is 1. The molecule has 1 aliphatic rings. The van der Waals surface area contributed by atoms with Gasteiger partial charge in [-0.1, -0.05) is 0 Å². The van der Waals surface area contributed by atoms with Crippen LogP contribution in [0.3, 0.4) is 0 Å². The average molecular weight is 243 g/mol. The summed E-state index contributed by atoms with van der Waals surface area (Å²) in [6, 6.07) is 0. The van der Waals surface area contributed by atoms with Gasteiger partial charge in [-0.25, -0.2) is 0 Å². The topological polar surface area (TPSA) is 125 Å². The van der Waals surface area contributed by atoms with Gasteiger partial charge in [0.2, 0.25) is 0 Å². The maximum atomic E-state index is 10.8. The lowest BCUT2D eigenvalue weighted by molar-refractivity contribution is -0.430. The Hall–Kier alpha value is -1.60. The monoisotopic (exact) mass is 243 g/mol. The molecule has 0 aromatic rings. The van der Waals surface area contributed by atoms with E-state index in [9.17, 15) is 10.1 Å². The van der Waals surface area contributed by atoms with Gasteiger partial charge in [0, 0.05) is 12.7 Å². The summed E-state index contributed by atoms with van der Waals surface area (Å²) in [6.07, 6.45) is 2.24. The highest BCUT2D eigenvalue weighted by Crippen LogP contribution is 2.33. The Kier molecular flexibility index (Phi) is 4.08. The van der Waals surface area contributed by atoms with Gasteiger partial charge >= 0.3 is 0 Å². The Morgan fingerprint density at radius 1 is 1.71 bits per heavy atom. The van der Waals surface area contributed by atoms with E-state index in [0.29, 0.717) is 18.6 Å². The maximum Gasteiger partial charge on any atom is 0.271 e. The minimum atomic E-state index is -0.969. The first-order valence-corrected chi connectivity index (χ1v) is 5.23. The molecular weight excluding hydrogens is 226 g/mol. The quantitative estimate of drug-likeness (QED) is 0.455. The highest BCUT2D eigenvalue weighted by atomic mass is 16.6. The van der Waals surface area contributed by atoms with Crippen molar-refractivity contribution >= 4 is 0 Å². The van der Waals surface area contributed by atoms with E-state index in [1.54, 1.807) is 0 Å². The number of hydrogen-bond donors (Lipinski definition) is 3. The summed E-state index contributed by atoms with van der Waals surface area (Å²) in [5.74, 6) is 0.411. The predicted molar refractivity (Wildman–Crippen MR) is 61.2 cm³/mol. The molecule has 0 saturated carbocycles. The largest absolute Gasteiger partial charge is 0.499 e. The van der Waals surface area contributed by atoms with Crippen LogP contribution in [0.15, 0.2) is 23.2 Å². The van der Waals surface area contributed by atoms with Gasteiger partial charge in [0.1, 0.15) is 11.5 Å². The smallest absolute Gasteiger partial charge is 0.271 e. The van der Waals surface area contributed by atoms with E-state index in [1.165, 1.54) is 13.2 Å². The number of ether oxygens (including phenoxy) is 1. The Morgan fingerprint density at radius 2 is 2.35 bits per heavy atom. The van der Waals surface area contributed by atoms with Gasteiger partial charge in [-0.2, -0.15) is 0 Å². The van der Waals surface area contributed by atoms with Gasteiger partial charge < -0.3 is 21.3 Å². The van der Waals surface area contributed by atoms with E-state index < -0.39 is 10.5 Å². The second-order valence-corrected chi connectivity index (χ2v) is 4.03. The summed E-state index contributed by atoms with van der Waals surface area (Å²) in [6.45, 7) is -0.0249. The summed E-state index contributed by atoms with van der Waals surface area (Å²) in [5, 5.41) is 19.6. The fourth-order valence-electron chi connectivity index (χ4n) is 1.89. The third kappa shape index (κ3) is 2.75. The van der Waals surface area contributed by atoms with Crippen molar-refractivity contribution in [3.05, 3.63) is 33.3 Å². The predicted octanol–water partition coefficient (Wildman–Crippen LogP) is -0.163. The van der Waals surface area contributed by atoms with Crippen LogP contribution in [0.25, 0.3) is 0 Å². The maximum absolute atomic E-state index is 10.8. The van der Waals surface area contributed by atoms with Crippen LogP contribution < -0.4 is 11.5 Å². The lowest BCUT2D eigenvalue weighted by atomic mass is 9.83. The third-order valence-corrected chi connectivity index (χ3v) is 2.81. The van der Waals surface area contributed by atoms with E-state index in [4.69, 9.17) is 21.3 Å². The van der Waals surface area contributed by atoms with Crippen molar-refractivity contribution in [1.29, 1.82) is 0 Å². The first-order valence-electron chi connectivity index (χ1n) is 5.23. The molecule has 96 valence electrons. The molecule has 0 amide bonds. The molecule has 0 heterocycles. The zero-order valence-corrected chi connectivity index (χ0v) is 9.68. The van der Waals surface area contributed by atoms with Crippen LogP contribution in [0.5, 0.6) is 0 Å². The van der Waals surface area contributed by atoms with E-state index in [-0.39, 0.29) is 24.4 Å². The van der Waals surface area contributed by atoms with Gasteiger partial charge in [-0.05, 0) is 12.8 Å². The molecule has 0 spiro atoms. The van der Waals surface area contributed by atoms with Crippen LogP contribution in [0, 0.1) is 10.1 Å². The van der Waals surface area contributed by atoms with Gasteiger partial charge in [0.25, 0.3) is 5.70 Å². The molecule has 1 unspecified atom stereocenters. The second kappa shape index (κ2) is 5.15. The summed E-state index contributed by atoms with van der Waals surface area (Å²) in [4.78, 5) is 10.3. The standard InChI is InChI=1S/C10H17N3O4/c1-17-9-5-7(11)8(13(15)16)6-10(9,12)3-2-4-14/h5,14H,2-4,6,11-12H2,1H3. The molecule has 0 saturated heterocycles. The van der Waals surface area contributed by atoms with Gasteiger partial charge in [-0.15, -0.1) is 0 Å². The van der Waals surface area contributed by atoms with Crippen LogP contribution in [0.1, 0.15) is 19.3 Å². The number of hydrogen-bond acceptors (Lipinski definition) is 6. The Morgan fingerprint density at radius 3 is 2.82 bits per heavy atom. The molecular formula is C10H17N3O4. The molecule has 0 bridgehead atoms. The number of aliphatic hydroxyl groups excluding tert-OH is 1. The van der Waals surface area contributed by atoms with E-state index >= 15 is 0 Å². The number of nitrogens with zero attached hydrogens (tertiary/aromatic N) is 1. The van der Waals surface area contributed by atoms with Crippen molar-refractivity contribution in [3.8, 4) is 0 Å². The molecule has 17 heavy (non-hydrogen) atoms. The van der Waals surface area contributed by atoms with E-state index in [1.807, 2.05) is 0 Å². The van der Waals surface area contributed by atoms with E-state index in [2.05, 4.69) is 0 Å². The highest BCUT2D eigenvalue weighted by molar-refractivity contribution is 5.34. The Balaban J connectivity index is 3.04. The summed E-state index contributed by atoms with van der Waals surface area (Å²) in [7, 11) is 1.44. The zero-order chi connectivity index (χ0) is 13.1. The van der Waals surface area contributed by atoms with Crippen molar-refractivity contribution in [2.45, 2.75) is 24.8 Å². The van der Waals surface area contributed by atoms with Crippen molar-refractivity contribution in [1.82, 2.24) is 0 Å². The number of allylic oxidation sites excluding steroid dienone is 1. The molecule has 1 atom stereocenters. The lowest BCUT2D eigenvalue weighted by Crippen LogP contribution is -2.46. The summed E-state index contributed by atoms with van der Waals surface area (Å²) < 4.78 is 5.12. The molecule has 1 aliphatic carbocycles. The van der Waals surface area contributed by atoms with Crippen LogP contribution in [0.2, 0.25) is 0 Å². The molecule has 0 fully saturated rings. The minimum Gasteiger partial charge on any atom is -0.499 e. The van der Waals surface area contributed by atoms with Crippen molar-refractivity contribution < 1.29 is 14.8 Å². The number of nitro groups is 1. The molecule has 7 nitrogen and oxygen atoms in total. The van der Waals surface area contributed by atoms with Crippen molar-refractivity contribution in [2.24, 2.45) is 11.5 Å². The van der Waals surface area contributed by atoms with Crippen LogP contribution in [-0.4, -0.2) is 29.3 Å². The molecule has 0 radical (unpaired) electrons. The first kappa shape index (κ1) is 13.5. The van der Waals surface area contributed by atoms with E-state index in [0.717, 1.165) is 0 Å². The normalized spacial score (nSPS) is 24.5. The minimum absolute atomic E-state index is 0.00546. The lowest BCUT2D eigenvalue weighted by Gasteiger charge is -2.32. The molecule has 0 aromatic heterocycles. The highest BCUT2D eigenvalue weighted by Gasteiger charge is 2.40. The fourth-order valence-corrected chi connectivity index (χ4v) is 1.89. The first-order chi connectivity index (χ1) is 7.94. The Labute approximate surface area is 98.9 Å². The van der Waals surface area contributed by atoms with Gasteiger partial charge in [0.05, 0.1) is 24.0 Å². The number of nitrogens with two attached hydrogens (primary N) is 2. The molecule has 7 heteroatoms. The van der Waals surface area contributed by atoms with Crippen molar-refractivity contribution in [3.63, 3.8) is 0 Å². The zero-order valence-electron chi connectivity index (χ0n) is 9.68. The SMILES string of the molecule is COC1=CC(N)=C([N+](=O)[O-])CC1(N)CCCO. The summed E-state index contributed by atoms with van der Waals surface area (Å²) in [5.41, 5.74) is 10.7. The Bertz CT molecular complexity index is 378. The van der Waals surface area contributed by atoms with Crippen molar-refractivity contribution in [2.75, 3.05) is 13.7 Å². The molecule has 1 rings (SSSR count). The molecule has 5 N–H and O–H groups in total. The van der Waals surface area contributed by atoms with Crippen LogP contribution in [-0.2, 0) is 4.74 Å². The second-order valence-electron chi connectivity index (χ2n) is 4.03. The van der Waals surface area contributed by atoms with Gasteiger partial charge in [-0.3, -0.25) is 10.1 Å². The number of rotatable bonds is 5.